The zero-order valence-corrected chi connectivity index (χ0v) is 12.8. The van der Waals surface area contributed by atoms with Gasteiger partial charge >= 0.3 is 0 Å². The maximum atomic E-state index is 10.5. The molecule has 0 bridgehead atoms. The van der Waals surface area contributed by atoms with Crippen LogP contribution in [0.3, 0.4) is 0 Å². The minimum Gasteiger partial charge on any atom is -0.419 e. The Bertz CT molecular complexity index is 564. The molecule has 1 N–H and O–H groups in total. The summed E-state index contributed by atoms with van der Waals surface area (Å²) in [6, 6.07) is 3.91. The molecule has 0 radical (unpaired) electrons. The van der Waals surface area contributed by atoms with Crippen LogP contribution >= 0.6 is 11.3 Å². The van der Waals surface area contributed by atoms with Crippen LogP contribution in [-0.4, -0.2) is 52.6 Å². The molecule has 0 unspecified atom stereocenters. The normalized spacial score (nSPS) is 18.2. The van der Waals surface area contributed by atoms with Crippen LogP contribution in [0.1, 0.15) is 18.7 Å². The first-order valence-corrected chi connectivity index (χ1v) is 7.88. The lowest BCUT2D eigenvalue weighted by molar-refractivity contribution is -0.0783. The van der Waals surface area contributed by atoms with Gasteiger partial charge in [-0.2, -0.15) is 0 Å². The molecule has 0 amide bonds. The summed E-state index contributed by atoms with van der Waals surface area (Å²) in [6.07, 6.45) is 1.34. The van der Waals surface area contributed by atoms with E-state index in [1.807, 2.05) is 29.5 Å². The average Bonchev–Trinajstić information content (AvgIpc) is 3.08. The highest BCUT2D eigenvalue weighted by atomic mass is 32.1. The number of nitrogens with zero attached hydrogens (tertiary/aromatic N) is 3. The van der Waals surface area contributed by atoms with E-state index in [-0.39, 0.29) is 0 Å². The monoisotopic (exact) mass is 309 g/mol. The first-order valence-electron chi connectivity index (χ1n) is 7.00. The van der Waals surface area contributed by atoms with Gasteiger partial charge in [0.2, 0.25) is 5.89 Å². The summed E-state index contributed by atoms with van der Waals surface area (Å²) >= 11 is 1.57. The van der Waals surface area contributed by atoms with Crippen LogP contribution in [0.2, 0.25) is 0 Å². The summed E-state index contributed by atoms with van der Waals surface area (Å²) in [5, 5.41) is 20.6. The highest BCUT2D eigenvalue weighted by Crippen LogP contribution is 2.24. The van der Waals surface area contributed by atoms with Crippen LogP contribution in [0.4, 0.5) is 0 Å². The Kier molecular flexibility index (Phi) is 4.34. The van der Waals surface area contributed by atoms with Crippen LogP contribution in [0, 0.1) is 0 Å². The number of aromatic nitrogens is 2. The van der Waals surface area contributed by atoms with Crippen molar-refractivity contribution in [3.8, 4) is 10.8 Å². The van der Waals surface area contributed by atoms with E-state index in [0.29, 0.717) is 50.9 Å². The number of aliphatic hydroxyl groups is 1. The Labute approximate surface area is 127 Å². The molecule has 3 heterocycles. The molecular weight excluding hydrogens is 290 g/mol. The molecule has 1 aliphatic heterocycles. The Hall–Kier alpha value is -1.28. The van der Waals surface area contributed by atoms with Crippen molar-refractivity contribution >= 4 is 11.3 Å². The molecule has 6 nitrogen and oxygen atoms in total. The Morgan fingerprint density at radius 1 is 1.38 bits per heavy atom. The van der Waals surface area contributed by atoms with Crippen molar-refractivity contribution in [1.82, 2.24) is 15.1 Å². The van der Waals surface area contributed by atoms with Crippen molar-refractivity contribution in [3.05, 3.63) is 23.4 Å². The minimum atomic E-state index is -0.677. The zero-order chi connectivity index (χ0) is 14.7. The largest absolute Gasteiger partial charge is 0.419 e. The van der Waals surface area contributed by atoms with Gasteiger partial charge in [0.25, 0.3) is 5.89 Å². The van der Waals surface area contributed by atoms with Crippen LogP contribution in [0.15, 0.2) is 21.9 Å². The molecule has 7 heteroatoms. The van der Waals surface area contributed by atoms with Gasteiger partial charge in [-0.1, -0.05) is 6.07 Å². The zero-order valence-electron chi connectivity index (χ0n) is 12.0. The van der Waals surface area contributed by atoms with E-state index in [4.69, 9.17) is 9.15 Å². The molecule has 0 atom stereocenters. The van der Waals surface area contributed by atoms with E-state index in [1.54, 1.807) is 11.3 Å². The summed E-state index contributed by atoms with van der Waals surface area (Å²) < 4.78 is 11.0. The van der Waals surface area contributed by atoms with Crippen LogP contribution in [0.5, 0.6) is 0 Å². The van der Waals surface area contributed by atoms with Crippen molar-refractivity contribution in [2.45, 2.75) is 25.0 Å². The van der Waals surface area contributed by atoms with Gasteiger partial charge in [0, 0.05) is 32.6 Å². The van der Waals surface area contributed by atoms with E-state index >= 15 is 0 Å². The maximum absolute atomic E-state index is 10.5. The molecule has 2 aromatic rings. The fourth-order valence-corrected chi connectivity index (χ4v) is 3.16. The number of rotatable bonds is 5. The predicted molar refractivity (Wildman–Crippen MR) is 78.9 cm³/mol. The molecule has 0 saturated carbocycles. The third-order valence-corrected chi connectivity index (χ3v) is 4.45. The van der Waals surface area contributed by atoms with Crippen molar-refractivity contribution in [2.75, 3.05) is 26.8 Å². The van der Waals surface area contributed by atoms with Crippen LogP contribution in [-0.2, 0) is 11.3 Å². The quantitative estimate of drug-likeness (QED) is 0.907. The van der Waals surface area contributed by atoms with Gasteiger partial charge in [0.05, 0.1) is 17.0 Å². The first kappa shape index (κ1) is 14.6. The third kappa shape index (κ3) is 3.68. The van der Waals surface area contributed by atoms with E-state index in [1.165, 1.54) is 0 Å². The maximum Gasteiger partial charge on any atom is 0.257 e. The number of ether oxygens (including phenoxy) is 1. The van der Waals surface area contributed by atoms with E-state index in [2.05, 4.69) is 10.2 Å². The van der Waals surface area contributed by atoms with Crippen molar-refractivity contribution in [2.24, 2.45) is 0 Å². The molecule has 1 aliphatic rings. The Balaban J connectivity index is 1.58. The first-order chi connectivity index (χ1) is 10.1. The highest BCUT2D eigenvalue weighted by Gasteiger charge is 2.31. The molecule has 1 saturated heterocycles. The molecule has 2 aromatic heterocycles. The van der Waals surface area contributed by atoms with Gasteiger partial charge in [-0.15, -0.1) is 21.5 Å². The Morgan fingerprint density at radius 2 is 2.19 bits per heavy atom. The molecule has 0 aromatic carbocycles. The lowest BCUT2D eigenvalue weighted by atomic mass is 9.94. The molecule has 114 valence electrons. The second kappa shape index (κ2) is 6.23. The van der Waals surface area contributed by atoms with Crippen molar-refractivity contribution in [3.63, 3.8) is 0 Å². The lowest BCUT2D eigenvalue weighted by Gasteiger charge is -2.35. The second-order valence-electron chi connectivity index (χ2n) is 5.49. The lowest BCUT2D eigenvalue weighted by Crippen LogP contribution is -2.45. The summed E-state index contributed by atoms with van der Waals surface area (Å²) in [5.41, 5.74) is -0.677. The van der Waals surface area contributed by atoms with E-state index in [9.17, 15) is 5.11 Å². The van der Waals surface area contributed by atoms with Gasteiger partial charge in [0.15, 0.2) is 0 Å². The topological polar surface area (TPSA) is 71.6 Å². The molecule has 21 heavy (non-hydrogen) atoms. The summed E-state index contributed by atoms with van der Waals surface area (Å²) in [6.45, 7) is 2.34. The van der Waals surface area contributed by atoms with Crippen molar-refractivity contribution in [1.29, 1.82) is 0 Å². The second-order valence-corrected chi connectivity index (χ2v) is 6.43. The van der Waals surface area contributed by atoms with Gasteiger partial charge in [-0.05, 0) is 18.5 Å². The molecular formula is C14H19N3O3S. The smallest absolute Gasteiger partial charge is 0.257 e. The Morgan fingerprint density at radius 3 is 2.90 bits per heavy atom. The predicted octanol–water partition coefficient (Wildman–Crippen LogP) is 1.77. The average molecular weight is 309 g/mol. The molecule has 3 rings (SSSR count). The standard InChI is InChI=1S/C14H19N3O3S/c1-17(10-14(18)4-6-19-7-5-14)9-12-15-16-13(20-12)11-3-2-8-21-11/h2-3,8,18H,4-7,9-10H2,1H3. The number of hydrogen-bond acceptors (Lipinski definition) is 7. The van der Waals surface area contributed by atoms with Gasteiger partial charge in [0.1, 0.15) is 0 Å². The van der Waals surface area contributed by atoms with Gasteiger partial charge in [-0.3, -0.25) is 4.90 Å². The van der Waals surface area contributed by atoms with Crippen LogP contribution < -0.4 is 0 Å². The fourth-order valence-electron chi connectivity index (χ4n) is 2.52. The number of likely N-dealkylation sites (N-methyl/N-ethyl adjacent to an activating group) is 1. The van der Waals surface area contributed by atoms with Crippen LogP contribution in [0.25, 0.3) is 10.8 Å². The van der Waals surface area contributed by atoms with Crippen molar-refractivity contribution < 1.29 is 14.3 Å². The summed E-state index contributed by atoms with van der Waals surface area (Å²) in [5.74, 6) is 1.12. The minimum absolute atomic E-state index is 0.529. The summed E-state index contributed by atoms with van der Waals surface area (Å²) in [4.78, 5) is 2.98. The molecule has 1 fully saturated rings. The fraction of sp³-hybridized carbons (Fsp3) is 0.571. The number of thiophene rings is 1. The van der Waals surface area contributed by atoms with E-state index < -0.39 is 5.60 Å². The summed E-state index contributed by atoms with van der Waals surface area (Å²) in [7, 11) is 1.95. The van der Waals surface area contributed by atoms with E-state index in [0.717, 1.165) is 4.88 Å². The molecule has 0 spiro atoms. The number of hydrogen-bond donors (Lipinski definition) is 1. The SMILES string of the molecule is CN(Cc1nnc(-c2cccs2)o1)CC1(O)CCOCC1. The third-order valence-electron chi connectivity index (χ3n) is 3.59. The van der Waals surface area contributed by atoms with Gasteiger partial charge < -0.3 is 14.3 Å². The molecule has 0 aliphatic carbocycles. The van der Waals surface area contributed by atoms with Gasteiger partial charge in [-0.25, -0.2) is 0 Å². The highest BCUT2D eigenvalue weighted by molar-refractivity contribution is 7.13.